The molecule has 0 aliphatic heterocycles. The molecule has 0 bridgehead atoms. The molecule has 0 radical (unpaired) electrons. The first-order valence-corrected chi connectivity index (χ1v) is 8.71. The van der Waals surface area contributed by atoms with E-state index in [4.69, 9.17) is 4.42 Å². The fourth-order valence-electron chi connectivity index (χ4n) is 2.38. The zero-order valence-electron chi connectivity index (χ0n) is 12.2. The van der Waals surface area contributed by atoms with E-state index in [1.807, 2.05) is 48.5 Å². The van der Waals surface area contributed by atoms with Gasteiger partial charge in [-0.2, -0.15) is 0 Å². The van der Waals surface area contributed by atoms with Crippen molar-refractivity contribution < 1.29 is 12.8 Å². The van der Waals surface area contributed by atoms with Gasteiger partial charge in [0, 0.05) is 5.39 Å². The standard InChI is InChI=1S/C17H17NO3S/c1-13(17-11-15-9-5-6-10-16(15)21-17)18-22(19,20)12-14-7-3-2-4-8-14/h2-11,13,18H,12H2,1H3/t13-/m1/s1. The maximum Gasteiger partial charge on any atom is 0.216 e. The quantitative estimate of drug-likeness (QED) is 0.782. The van der Waals surface area contributed by atoms with E-state index in [-0.39, 0.29) is 5.75 Å². The van der Waals surface area contributed by atoms with Gasteiger partial charge in [0.1, 0.15) is 11.3 Å². The predicted octanol–water partition coefficient (Wildman–Crippen LogP) is 3.61. The summed E-state index contributed by atoms with van der Waals surface area (Å²) >= 11 is 0. The highest BCUT2D eigenvalue weighted by atomic mass is 32.2. The molecular weight excluding hydrogens is 298 g/mol. The Bertz CT molecular complexity index is 836. The molecule has 0 aliphatic carbocycles. The second-order valence-corrected chi connectivity index (χ2v) is 7.02. The molecular formula is C17H17NO3S. The van der Waals surface area contributed by atoms with E-state index in [1.54, 1.807) is 19.1 Å². The Hall–Kier alpha value is -2.11. The van der Waals surface area contributed by atoms with E-state index in [1.165, 1.54) is 0 Å². The molecule has 0 fully saturated rings. The molecule has 3 aromatic rings. The van der Waals surface area contributed by atoms with Gasteiger partial charge in [0.15, 0.2) is 0 Å². The van der Waals surface area contributed by atoms with Crippen LogP contribution in [0.2, 0.25) is 0 Å². The zero-order chi connectivity index (χ0) is 15.6. The molecule has 2 aromatic carbocycles. The van der Waals surface area contributed by atoms with Gasteiger partial charge in [0.2, 0.25) is 10.0 Å². The lowest BCUT2D eigenvalue weighted by atomic mass is 10.2. The molecule has 0 amide bonds. The number of nitrogens with one attached hydrogen (secondary N) is 1. The second-order valence-electron chi connectivity index (χ2n) is 5.27. The zero-order valence-corrected chi connectivity index (χ0v) is 13.0. The first-order valence-electron chi connectivity index (χ1n) is 7.06. The van der Waals surface area contributed by atoms with Crippen LogP contribution in [0.1, 0.15) is 24.3 Å². The molecule has 1 N–H and O–H groups in total. The summed E-state index contributed by atoms with van der Waals surface area (Å²) in [5, 5.41) is 0.964. The average molecular weight is 315 g/mol. The molecule has 0 saturated heterocycles. The highest BCUT2D eigenvalue weighted by Gasteiger charge is 2.19. The molecule has 0 aliphatic rings. The number of fused-ring (bicyclic) bond motifs is 1. The first-order chi connectivity index (χ1) is 10.5. The van der Waals surface area contributed by atoms with Crippen LogP contribution < -0.4 is 4.72 Å². The second kappa shape index (κ2) is 5.94. The van der Waals surface area contributed by atoms with E-state index >= 15 is 0 Å². The van der Waals surface area contributed by atoms with Gasteiger partial charge in [-0.25, -0.2) is 13.1 Å². The van der Waals surface area contributed by atoms with Gasteiger partial charge < -0.3 is 4.42 Å². The Morgan fingerprint density at radius 3 is 2.45 bits per heavy atom. The van der Waals surface area contributed by atoms with Gasteiger partial charge in [0.25, 0.3) is 0 Å². The summed E-state index contributed by atoms with van der Waals surface area (Å²) in [4.78, 5) is 0. The SMILES string of the molecule is C[C@@H](NS(=O)(=O)Cc1ccccc1)c1cc2ccccc2o1. The monoisotopic (exact) mass is 315 g/mol. The van der Waals surface area contributed by atoms with Gasteiger partial charge in [-0.1, -0.05) is 48.5 Å². The Labute approximate surface area is 129 Å². The molecule has 0 spiro atoms. The number of para-hydroxylation sites is 1. The highest BCUT2D eigenvalue weighted by Crippen LogP contribution is 2.24. The summed E-state index contributed by atoms with van der Waals surface area (Å²) in [7, 11) is -3.43. The number of hydrogen-bond donors (Lipinski definition) is 1. The summed E-state index contributed by atoms with van der Waals surface area (Å²) in [6, 6.07) is 18.2. The van der Waals surface area contributed by atoms with Crippen molar-refractivity contribution in [3.63, 3.8) is 0 Å². The van der Waals surface area contributed by atoms with Crippen LogP contribution in [0.5, 0.6) is 0 Å². The van der Waals surface area contributed by atoms with E-state index in [0.29, 0.717) is 5.76 Å². The highest BCUT2D eigenvalue weighted by molar-refractivity contribution is 7.88. The van der Waals surface area contributed by atoms with Crippen LogP contribution >= 0.6 is 0 Å². The van der Waals surface area contributed by atoms with Crippen LogP contribution in [-0.2, 0) is 15.8 Å². The smallest absolute Gasteiger partial charge is 0.216 e. The molecule has 22 heavy (non-hydrogen) atoms. The summed E-state index contributed by atoms with van der Waals surface area (Å²) < 4.78 is 32.9. The lowest BCUT2D eigenvalue weighted by molar-refractivity contribution is 0.484. The minimum Gasteiger partial charge on any atom is -0.459 e. The van der Waals surface area contributed by atoms with Crippen LogP contribution in [0, 0.1) is 0 Å². The summed E-state index contributed by atoms with van der Waals surface area (Å²) in [6.07, 6.45) is 0. The number of benzene rings is 2. The minimum atomic E-state index is -3.43. The fraction of sp³-hybridized carbons (Fsp3) is 0.176. The molecule has 4 nitrogen and oxygen atoms in total. The number of hydrogen-bond acceptors (Lipinski definition) is 3. The van der Waals surface area contributed by atoms with Crippen molar-refractivity contribution in [2.45, 2.75) is 18.7 Å². The third-order valence-corrected chi connectivity index (χ3v) is 4.85. The van der Waals surface area contributed by atoms with Gasteiger partial charge in [-0.15, -0.1) is 0 Å². The molecule has 5 heteroatoms. The van der Waals surface area contributed by atoms with Gasteiger partial charge in [-0.3, -0.25) is 0 Å². The van der Waals surface area contributed by atoms with Crippen molar-refractivity contribution in [2.24, 2.45) is 0 Å². The maximum atomic E-state index is 12.2. The first kappa shape index (κ1) is 14.8. The Balaban J connectivity index is 1.76. The molecule has 1 heterocycles. The van der Waals surface area contributed by atoms with Gasteiger partial charge in [-0.05, 0) is 24.6 Å². The van der Waals surface area contributed by atoms with Gasteiger partial charge in [0.05, 0.1) is 11.8 Å². The fourth-order valence-corrected chi connectivity index (χ4v) is 3.75. The van der Waals surface area contributed by atoms with Crippen molar-refractivity contribution in [2.75, 3.05) is 0 Å². The van der Waals surface area contributed by atoms with Crippen LogP contribution in [-0.4, -0.2) is 8.42 Å². The van der Waals surface area contributed by atoms with Crippen molar-refractivity contribution in [3.05, 3.63) is 72.0 Å². The Morgan fingerprint density at radius 1 is 1.05 bits per heavy atom. The normalized spacial score (nSPS) is 13.3. The Kier molecular flexibility index (Phi) is 4.00. The predicted molar refractivity (Wildman–Crippen MR) is 86.8 cm³/mol. The third-order valence-electron chi connectivity index (χ3n) is 3.43. The molecule has 1 aromatic heterocycles. The van der Waals surface area contributed by atoms with E-state index in [0.717, 1.165) is 16.5 Å². The summed E-state index contributed by atoms with van der Waals surface area (Å²) in [6.45, 7) is 1.78. The van der Waals surface area contributed by atoms with E-state index in [9.17, 15) is 8.42 Å². The summed E-state index contributed by atoms with van der Waals surface area (Å²) in [5.41, 5.74) is 1.51. The van der Waals surface area contributed by atoms with Crippen molar-refractivity contribution in [1.29, 1.82) is 0 Å². The molecule has 1 atom stereocenters. The van der Waals surface area contributed by atoms with Gasteiger partial charge >= 0.3 is 0 Å². The van der Waals surface area contributed by atoms with Crippen molar-refractivity contribution >= 4 is 21.0 Å². The van der Waals surface area contributed by atoms with Crippen LogP contribution in [0.3, 0.4) is 0 Å². The molecule has 0 saturated carbocycles. The number of furan rings is 1. The molecule has 0 unspecified atom stereocenters. The largest absolute Gasteiger partial charge is 0.459 e. The minimum absolute atomic E-state index is 0.0432. The Morgan fingerprint density at radius 2 is 1.73 bits per heavy atom. The number of sulfonamides is 1. The van der Waals surface area contributed by atoms with E-state index < -0.39 is 16.1 Å². The lowest BCUT2D eigenvalue weighted by Gasteiger charge is -2.12. The number of rotatable bonds is 5. The summed E-state index contributed by atoms with van der Waals surface area (Å²) in [5.74, 6) is 0.566. The topological polar surface area (TPSA) is 59.3 Å². The molecule has 114 valence electrons. The average Bonchev–Trinajstić information content (AvgIpc) is 2.91. The third kappa shape index (κ3) is 3.37. The van der Waals surface area contributed by atoms with Crippen LogP contribution in [0.15, 0.2) is 65.1 Å². The van der Waals surface area contributed by atoms with Crippen molar-refractivity contribution in [1.82, 2.24) is 4.72 Å². The van der Waals surface area contributed by atoms with Crippen LogP contribution in [0.4, 0.5) is 0 Å². The van der Waals surface area contributed by atoms with E-state index in [2.05, 4.69) is 4.72 Å². The van der Waals surface area contributed by atoms with Crippen LogP contribution in [0.25, 0.3) is 11.0 Å². The molecule has 3 rings (SSSR count). The van der Waals surface area contributed by atoms with Crippen molar-refractivity contribution in [3.8, 4) is 0 Å². The maximum absolute atomic E-state index is 12.2. The lowest BCUT2D eigenvalue weighted by Crippen LogP contribution is -2.27.